The van der Waals surface area contributed by atoms with E-state index in [0.29, 0.717) is 37.0 Å². The Kier molecular flexibility index (Phi) is 6.52. The van der Waals surface area contributed by atoms with Gasteiger partial charge in [-0.15, -0.1) is 11.3 Å². The second-order valence-corrected chi connectivity index (χ2v) is 10.6. The fourth-order valence-electron chi connectivity index (χ4n) is 3.28. The number of aromatic nitrogens is 1. The van der Waals surface area contributed by atoms with Crippen LogP contribution < -0.4 is 0 Å². The van der Waals surface area contributed by atoms with Gasteiger partial charge in [0.25, 0.3) is 5.91 Å². The number of benzene rings is 1. The molecule has 0 unspecified atom stereocenters. The molecule has 6 nitrogen and oxygen atoms in total. The molecule has 8 heteroatoms. The van der Waals surface area contributed by atoms with Crippen molar-refractivity contribution in [2.45, 2.75) is 32.9 Å². The van der Waals surface area contributed by atoms with Crippen LogP contribution in [0.4, 0.5) is 0 Å². The highest BCUT2D eigenvalue weighted by atomic mass is 32.2. The topological polar surface area (TPSA) is 70.6 Å². The van der Waals surface area contributed by atoms with E-state index >= 15 is 0 Å². The zero-order valence-electron chi connectivity index (χ0n) is 16.6. The van der Waals surface area contributed by atoms with E-state index in [4.69, 9.17) is 0 Å². The van der Waals surface area contributed by atoms with E-state index in [0.717, 1.165) is 22.7 Å². The van der Waals surface area contributed by atoms with Gasteiger partial charge in [-0.1, -0.05) is 44.2 Å². The molecule has 1 aromatic heterocycles. The van der Waals surface area contributed by atoms with Crippen LogP contribution in [-0.4, -0.2) is 54.7 Å². The molecule has 1 amide bonds. The molecule has 0 atom stereocenters. The number of aryl methyl sites for hydroxylation is 1. The maximum absolute atomic E-state index is 12.9. The highest BCUT2D eigenvalue weighted by Crippen LogP contribution is 2.23. The highest BCUT2D eigenvalue weighted by molar-refractivity contribution is 7.88. The Morgan fingerprint density at radius 2 is 1.79 bits per heavy atom. The first kappa shape index (κ1) is 21.0. The molecule has 2 heterocycles. The first-order chi connectivity index (χ1) is 13.3. The minimum absolute atomic E-state index is 0.00565. The maximum atomic E-state index is 12.9. The number of nitrogens with zero attached hydrogens (tertiary/aromatic N) is 3. The lowest BCUT2D eigenvalue weighted by Crippen LogP contribution is -2.50. The SMILES string of the molecule is Cc1nc(CC(C)C)sc1C(=O)N1CCN(S(=O)(=O)Cc2ccccc2)CC1. The van der Waals surface area contributed by atoms with Gasteiger partial charge in [-0.25, -0.2) is 13.4 Å². The first-order valence-corrected chi connectivity index (χ1v) is 12.0. The number of hydrogen-bond acceptors (Lipinski definition) is 5. The summed E-state index contributed by atoms with van der Waals surface area (Å²) < 4.78 is 26.8. The molecule has 0 radical (unpaired) electrons. The van der Waals surface area contributed by atoms with E-state index in [1.165, 1.54) is 15.6 Å². The molecule has 3 rings (SSSR count). The van der Waals surface area contributed by atoms with E-state index in [1.807, 2.05) is 37.3 Å². The molecule has 1 aromatic carbocycles. The second kappa shape index (κ2) is 8.71. The van der Waals surface area contributed by atoms with Crippen LogP contribution in [0.5, 0.6) is 0 Å². The average Bonchev–Trinajstić information content (AvgIpc) is 3.01. The number of sulfonamides is 1. The summed E-state index contributed by atoms with van der Waals surface area (Å²) in [5.41, 5.74) is 1.55. The Labute approximate surface area is 171 Å². The van der Waals surface area contributed by atoms with Gasteiger partial charge in [-0.3, -0.25) is 4.79 Å². The van der Waals surface area contributed by atoms with Crippen molar-refractivity contribution in [3.8, 4) is 0 Å². The summed E-state index contributed by atoms with van der Waals surface area (Å²) in [6.45, 7) is 7.61. The van der Waals surface area contributed by atoms with Crippen LogP contribution in [0.3, 0.4) is 0 Å². The van der Waals surface area contributed by atoms with Crippen molar-refractivity contribution < 1.29 is 13.2 Å². The van der Waals surface area contributed by atoms with E-state index in [-0.39, 0.29) is 11.7 Å². The largest absolute Gasteiger partial charge is 0.335 e. The minimum atomic E-state index is -3.38. The molecule has 1 fully saturated rings. The number of hydrogen-bond donors (Lipinski definition) is 0. The second-order valence-electron chi connectivity index (χ2n) is 7.55. The van der Waals surface area contributed by atoms with Crippen LogP contribution in [0.25, 0.3) is 0 Å². The molecular formula is C20H27N3O3S2. The van der Waals surface area contributed by atoms with Crippen LogP contribution in [0, 0.1) is 12.8 Å². The van der Waals surface area contributed by atoms with Crippen molar-refractivity contribution in [3.63, 3.8) is 0 Å². The number of carbonyl (C=O) groups is 1. The Morgan fingerprint density at radius 1 is 1.14 bits per heavy atom. The molecule has 1 saturated heterocycles. The molecule has 0 aliphatic carbocycles. The van der Waals surface area contributed by atoms with Crippen molar-refractivity contribution in [1.29, 1.82) is 0 Å². The number of piperazine rings is 1. The molecule has 28 heavy (non-hydrogen) atoms. The summed E-state index contributed by atoms with van der Waals surface area (Å²) in [5.74, 6) is 0.450. The summed E-state index contributed by atoms with van der Waals surface area (Å²) in [6, 6.07) is 9.19. The lowest BCUT2D eigenvalue weighted by Gasteiger charge is -2.33. The zero-order valence-corrected chi connectivity index (χ0v) is 18.2. The van der Waals surface area contributed by atoms with Crippen LogP contribution >= 0.6 is 11.3 Å². The van der Waals surface area contributed by atoms with Crippen LogP contribution in [0.15, 0.2) is 30.3 Å². The third kappa shape index (κ3) is 4.98. The summed E-state index contributed by atoms with van der Waals surface area (Å²) in [6.07, 6.45) is 0.865. The van der Waals surface area contributed by atoms with Crippen molar-refractivity contribution in [2.24, 2.45) is 5.92 Å². The number of rotatable bonds is 6. The predicted molar refractivity (Wildman–Crippen MR) is 112 cm³/mol. The van der Waals surface area contributed by atoms with Crippen LogP contribution in [0.2, 0.25) is 0 Å². The van der Waals surface area contributed by atoms with Gasteiger partial charge in [0.05, 0.1) is 16.5 Å². The Morgan fingerprint density at radius 3 is 2.39 bits per heavy atom. The third-order valence-corrected chi connectivity index (χ3v) is 7.75. The first-order valence-electron chi connectivity index (χ1n) is 9.53. The lowest BCUT2D eigenvalue weighted by molar-refractivity contribution is 0.0701. The minimum Gasteiger partial charge on any atom is -0.335 e. The molecule has 0 spiro atoms. The van der Waals surface area contributed by atoms with E-state index in [2.05, 4.69) is 18.8 Å². The van der Waals surface area contributed by atoms with Crippen molar-refractivity contribution >= 4 is 27.3 Å². The Balaban J connectivity index is 1.62. The fourth-order valence-corrected chi connectivity index (χ4v) is 6.04. The molecule has 2 aromatic rings. The van der Waals surface area contributed by atoms with Crippen molar-refractivity contribution in [1.82, 2.24) is 14.2 Å². The molecule has 0 saturated carbocycles. The Bertz CT molecular complexity index is 915. The molecular weight excluding hydrogens is 394 g/mol. The van der Waals surface area contributed by atoms with Gasteiger partial charge in [-0.2, -0.15) is 4.31 Å². The standard InChI is InChI=1S/C20H27N3O3S2/c1-15(2)13-18-21-16(3)19(27-18)20(24)22-9-11-23(12-10-22)28(25,26)14-17-7-5-4-6-8-17/h4-8,15H,9-14H2,1-3H3. The quantitative estimate of drug-likeness (QED) is 0.719. The summed E-state index contributed by atoms with van der Waals surface area (Å²) >= 11 is 1.46. The fraction of sp³-hybridized carbons (Fsp3) is 0.500. The molecule has 1 aliphatic heterocycles. The van der Waals surface area contributed by atoms with E-state index in [9.17, 15) is 13.2 Å². The third-order valence-electron chi connectivity index (χ3n) is 4.73. The van der Waals surface area contributed by atoms with Gasteiger partial charge in [0, 0.05) is 32.6 Å². The number of amides is 1. The van der Waals surface area contributed by atoms with Gasteiger partial charge in [0.15, 0.2) is 0 Å². The Hall–Kier alpha value is -1.77. The molecule has 1 aliphatic rings. The molecule has 152 valence electrons. The number of thiazole rings is 1. The van der Waals surface area contributed by atoms with Crippen LogP contribution in [-0.2, 0) is 22.2 Å². The van der Waals surface area contributed by atoms with Crippen LogP contribution in [0.1, 0.15) is 39.8 Å². The highest BCUT2D eigenvalue weighted by Gasteiger charge is 2.30. The summed E-state index contributed by atoms with van der Waals surface area (Å²) in [4.78, 5) is 19.8. The summed E-state index contributed by atoms with van der Waals surface area (Å²) in [5, 5.41) is 0.986. The maximum Gasteiger partial charge on any atom is 0.265 e. The van der Waals surface area contributed by atoms with Gasteiger partial charge >= 0.3 is 0 Å². The normalized spacial score (nSPS) is 15.9. The average molecular weight is 422 g/mol. The molecule has 0 N–H and O–H groups in total. The van der Waals surface area contributed by atoms with Crippen molar-refractivity contribution in [2.75, 3.05) is 26.2 Å². The van der Waals surface area contributed by atoms with Gasteiger partial charge in [0.1, 0.15) is 4.88 Å². The van der Waals surface area contributed by atoms with Crippen molar-refractivity contribution in [3.05, 3.63) is 51.5 Å². The summed E-state index contributed by atoms with van der Waals surface area (Å²) in [7, 11) is -3.38. The monoisotopic (exact) mass is 421 g/mol. The zero-order chi connectivity index (χ0) is 20.3. The van der Waals surface area contributed by atoms with Gasteiger partial charge < -0.3 is 4.90 Å². The van der Waals surface area contributed by atoms with Gasteiger partial charge in [-0.05, 0) is 18.4 Å². The van der Waals surface area contributed by atoms with E-state index < -0.39 is 10.0 Å². The molecule has 0 bridgehead atoms. The lowest BCUT2D eigenvalue weighted by atomic mass is 10.1. The number of carbonyl (C=O) groups excluding carboxylic acids is 1. The smallest absolute Gasteiger partial charge is 0.265 e. The van der Waals surface area contributed by atoms with Gasteiger partial charge in [0.2, 0.25) is 10.0 Å². The predicted octanol–water partition coefficient (Wildman–Crippen LogP) is 2.94. The van der Waals surface area contributed by atoms with E-state index in [1.54, 1.807) is 4.90 Å².